The maximum atomic E-state index is 12.5. The SMILES string of the molecule is CCOC(=O)c1nc2c(c(-c3ccc(C(C)C)cc3)c1C#N)C(SC)CC2. The minimum atomic E-state index is -0.524. The molecule has 1 heterocycles. The summed E-state index contributed by atoms with van der Waals surface area (Å²) in [5.74, 6) is -0.0869. The van der Waals surface area contributed by atoms with Crippen LogP contribution in [0.5, 0.6) is 0 Å². The highest BCUT2D eigenvalue weighted by molar-refractivity contribution is 7.98. The minimum Gasteiger partial charge on any atom is -0.461 e. The molecule has 5 heteroatoms. The molecule has 1 aliphatic carbocycles. The van der Waals surface area contributed by atoms with Gasteiger partial charge in [-0.3, -0.25) is 0 Å². The summed E-state index contributed by atoms with van der Waals surface area (Å²) in [4.78, 5) is 17.0. The van der Waals surface area contributed by atoms with Crippen LogP contribution in [0.15, 0.2) is 24.3 Å². The molecular formula is C22H24N2O2S. The molecule has 0 fully saturated rings. The monoisotopic (exact) mass is 380 g/mol. The Bertz CT molecular complexity index is 898. The molecule has 0 aliphatic heterocycles. The fourth-order valence-corrected chi connectivity index (χ4v) is 4.47. The summed E-state index contributed by atoms with van der Waals surface area (Å²) in [6, 6.07) is 10.5. The summed E-state index contributed by atoms with van der Waals surface area (Å²) in [5, 5.41) is 10.2. The number of pyridine rings is 1. The second-order valence-corrected chi connectivity index (χ2v) is 7.98. The molecule has 1 aliphatic rings. The summed E-state index contributed by atoms with van der Waals surface area (Å²) < 4.78 is 5.17. The van der Waals surface area contributed by atoms with Crippen LogP contribution < -0.4 is 0 Å². The summed E-state index contributed by atoms with van der Waals surface area (Å²) in [6.45, 7) is 6.33. The number of carbonyl (C=O) groups is 1. The molecule has 1 aromatic carbocycles. The largest absolute Gasteiger partial charge is 0.461 e. The summed E-state index contributed by atoms with van der Waals surface area (Å²) in [6.07, 6.45) is 3.87. The first-order valence-electron chi connectivity index (χ1n) is 9.28. The third-order valence-corrected chi connectivity index (χ3v) is 6.05. The lowest BCUT2D eigenvalue weighted by molar-refractivity contribution is 0.0519. The number of benzene rings is 1. The zero-order valence-electron chi connectivity index (χ0n) is 16.2. The van der Waals surface area contributed by atoms with Gasteiger partial charge in [0.15, 0.2) is 5.69 Å². The number of hydrogen-bond donors (Lipinski definition) is 0. The molecule has 1 aromatic heterocycles. The normalized spacial score (nSPS) is 15.5. The van der Waals surface area contributed by atoms with Crippen molar-refractivity contribution in [2.75, 3.05) is 12.9 Å². The molecule has 0 radical (unpaired) electrons. The molecule has 0 N–H and O–H groups in total. The number of esters is 1. The van der Waals surface area contributed by atoms with Crippen molar-refractivity contribution in [1.29, 1.82) is 5.26 Å². The average molecular weight is 381 g/mol. The fourth-order valence-electron chi connectivity index (χ4n) is 3.62. The van der Waals surface area contributed by atoms with Crippen LogP contribution in [0.3, 0.4) is 0 Å². The van der Waals surface area contributed by atoms with E-state index in [9.17, 15) is 10.1 Å². The predicted octanol–water partition coefficient (Wildman–Crippen LogP) is 5.27. The number of ether oxygens (including phenoxy) is 1. The van der Waals surface area contributed by atoms with Gasteiger partial charge in [-0.2, -0.15) is 17.0 Å². The van der Waals surface area contributed by atoms with E-state index in [0.29, 0.717) is 11.5 Å². The second kappa shape index (κ2) is 8.14. The molecule has 27 heavy (non-hydrogen) atoms. The van der Waals surface area contributed by atoms with E-state index in [2.05, 4.69) is 55.4 Å². The lowest BCUT2D eigenvalue weighted by Gasteiger charge is -2.18. The maximum Gasteiger partial charge on any atom is 0.358 e. The van der Waals surface area contributed by atoms with E-state index in [1.807, 2.05) is 0 Å². The van der Waals surface area contributed by atoms with Crippen molar-refractivity contribution in [3.8, 4) is 17.2 Å². The third-order valence-electron chi connectivity index (χ3n) is 5.01. The molecule has 0 amide bonds. The van der Waals surface area contributed by atoms with Gasteiger partial charge in [-0.15, -0.1) is 0 Å². The van der Waals surface area contributed by atoms with Crippen LogP contribution in [0, 0.1) is 11.3 Å². The summed E-state index contributed by atoms with van der Waals surface area (Å²) in [7, 11) is 0. The number of aromatic nitrogens is 1. The first kappa shape index (κ1) is 19.4. The molecule has 140 valence electrons. The van der Waals surface area contributed by atoms with Gasteiger partial charge in [-0.05, 0) is 48.6 Å². The second-order valence-electron chi connectivity index (χ2n) is 6.94. The van der Waals surface area contributed by atoms with Crippen molar-refractivity contribution < 1.29 is 9.53 Å². The van der Waals surface area contributed by atoms with Gasteiger partial charge in [0, 0.05) is 16.5 Å². The van der Waals surface area contributed by atoms with Crippen LogP contribution in [0.25, 0.3) is 11.1 Å². The lowest BCUT2D eigenvalue weighted by Crippen LogP contribution is -2.13. The number of hydrogen-bond acceptors (Lipinski definition) is 5. The van der Waals surface area contributed by atoms with Crippen LogP contribution in [0.1, 0.15) is 71.2 Å². The van der Waals surface area contributed by atoms with E-state index in [4.69, 9.17) is 4.74 Å². The molecule has 0 saturated heterocycles. The summed E-state index contributed by atoms with van der Waals surface area (Å²) in [5.41, 5.74) is 5.53. The van der Waals surface area contributed by atoms with Gasteiger partial charge >= 0.3 is 5.97 Å². The van der Waals surface area contributed by atoms with Crippen molar-refractivity contribution >= 4 is 17.7 Å². The molecule has 0 saturated carbocycles. The lowest BCUT2D eigenvalue weighted by atomic mass is 9.91. The first-order valence-corrected chi connectivity index (χ1v) is 10.6. The Kier molecular flexibility index (Phi) is 5.86. The Morgan fingerprint density at radius 3 is 2.63 bits per heavy atom. The Hall–Kier alpha value is -2.32. The Morgan fingerprint density at radius 1 is 1.37 bits per heavy atom. The van der Waals surface area contributed by atoms with Crippen molar-refractivity contribution in [2.45, 2.75) is 44.8 Å². The first-order chi connectivity index (χ1) is 13.0. The number of nitrogens with zero attached hydrogens (tertiary/aromatic N) is 2. The Labute approximate surface area is 165 Å². The molecule has 2 aromatic rings. The molecule has 4 nitrogen and oxygen atoms in total. The summed E-state index contributed by atoms with van der Waals surface area (Å²) >= 11 is 1.77. The topological polar surface area (TPSA) is 63.0 Å². The molecule has 0 spiro atoms. The van der Waals surface area contributed by atoms with E-state index in [-0.39, 0.29) is 17.6 Å². The fraction of sp³-hybridized carbons (Fsp3) is 0.409. The molecule has 0 bridgehead atoms. The van der Waals surface area contributed by atoms with Gasteiger partial charge < -0.3 is 4.74 Å². The van der Waals surface area contributed by atoms with Crippen LogP contribution in [0.2, 0.25) is 0 Å². The van der Waals surface area contributed by atoms with E-state index in [1.165, 1.54) is 5.56 Å². The number of thioether (sulfide) groups is 1. The van der Waals surface area contributed by atoms with E-state index in [1.54, 1.807) is 18.7 Å². The smallest absolute Gasteiger partial charge is 0.358 e. The molecule has 1 unspecified atom stereocenters. The highest BCUT2D eigenvalue weighted by atomic mass is 32.2. The Morgan fingerprint density at radius 2 is 2.07 bits per heavy atom. The molecule has 3 rings (SSSR count). The number of rotatable bonds is 5. The van der Waals surface area contributed by atoms with Crippen molar-refractivity contribution in [1.82, 2.24) is 4.98 Å². The average Bonchev–Trinajstić information content (AvgIpc) is 3.09. The van der Waals surface area contributed by atoms with Crippen molar-refractivity contribution in [3.63, 3.8) is 0 Å². The van der Waals surface area contributed by atoms with E-state index < -0.39 is 5.97 Å². The number of fused-ring (bicyclic) bond motifs is 1. The zero-order chi connectivity index (χ0) is 19.6. The van der Waals surface area contributed by atoms with Crippen LogP contribution >= 0.6 is 11.8 Å². The highest BCUT2D eigenvalue weighted by Crippen LogP contribution is 2.46. The quantitative estimate of drug-likeness (QED) is 0.661. The van der Waals surface area contributed by atoms with Gasteiger partial charge in [-0.25, -0.2) is 9.78 Å². The number of nitriles is 1. The predicted molar refractivity (Wildman–Crippen MR) is 109 cm³/mol. The maximum absolute atomic E-state index is 12.5. The van der Waals surface area contributed by atoms with E-state index in [0.717, 1.165) is 35.2 Å². The third kappa shape index (κ3) is 3.59. The van der Waals surface area contributed by atoms with Gasteiger partial charge in [0.25, 0.3) is 0 Å². The number of aryl methyl sites for hydroxylation is 1. The molecular weight excluding hydrogens is 356 g/mol. The zero-order valence-corrected chi connectivity index (χ0v) is 17.0. The number of carbonyl (C=O) groups excluding carboxylic acids is 1. The van der Waals surface area contributed by atoms with Crippen LogP contribution in [-0.2, 0) is 11.2 Å². The van der Waals surface area contributed by atoms with Gasteiger partial charge in [0.2, 0.25) is 0 Å². The van der Waals surface area contributed by atoms with Crippen molar-refractivity contribution in [2.24, 2.45) is 0 Å². The standard InChI is InChI=1S/C22H24N2O2S/c1-5-26-22(25)21-16(12-23)19(15-8-6-14(7-9-15)13(2)3)20-17(24-21)10-11-18(20)27-4/h6-9,13,18H,5,10-11H2,1-4H3. The van der Waals surface area contributed by atoms with Gasteiger partial charge in [0.1, 0.15) is 6.07 Å². The van der Waals surface area contributed by atoms with Crippen LogP contribution in [0.4, 0.5) is 0 Å². The van der Waals surface area contributed by atoms with E-state index >= 15 is 0 Å². The van der Waals surface area contributed by atoms with Gasteiger partial charge in [0.05, 0.1) is 12.2 Å². The molecule has 1 atom stereocenters. The minimum absolute atomic E-state index is 0.141. The van der Waals surface area contributed by atoms with Crippen LogP contribution in [-0.4, -0.2) is 23.8 Å². The van der Waals surface area contributed by atoms with Gasteiger partial charge in [-0.1, -0.05) is 38.1 Å². The van der Waals surface area contributed by atoms with Crippen molar-refractivity contribution in [3.05, 3.63) is 52.3 Å². The Balaban J connectivity index is 2.26. The highest BCUT2D eigenvalue weighted by Gasteiger charge is 2.32.